The predicted octanol–water partition coefficient (Wildman–Crippen LogP) is 12.2. The van der Waals surface area contributed by atoms with Gasteiger partial charge < -0.3 is 4.74 Å². The molecule has 0 fully saturated rings. The lowest BCUT2D eigenvalue weighted by atomic mass is 9.62. The summed E-state index contributed by atoms with van der Waals surface area (Å²) in [5.41, 5.74) is 13.6. The molecule has 0 amide bonds. The normalized spacial score (nSPS) is 14.4. The van der Waals surface area contributed by atoms with E-state index < -0.39 is 10.8 Å². The van der Waals surface area contributed by atoms with Gasteiger partial charge in [-0.3, -0.25) is 0 Å². The van der Waals surface area contributed by atoms with Gasteiger partial charge >= 0.3 is 0 Å². The summed E-state index contributed by atoms with van der Waals surface area (Å²) in [6, 6.07) is 75.1. The van der Waals surface area contributed by atoms with Crippen LogP contribution in [0.3, 0.4) is 0 Å². The third-order valence-electron chi connectivity index (χ3n) is 11.1. The fourth-order valence-electron chi connectivity index (χ4n) is 9.12. The molecule has 8 aromatic rings. The maximum absolute atomic E-state index is 6.86. The van der Waals surface area contributed by atoms with Crippen LogP contribution in [0.4, 0.5) is 0 Å². The van der Waals surface area contributed by atoms with Crippen LogP contribution in [-0.2, 0) is 10.8 Å². The maximum atomic E-state index is 6.86. The Morgan fingerprint density at radius 2 is 0.745 bits per heavy atom. The van der Waals surface area contributed by atoms with E-state index in [1.165, 1.54) is 44.5 Å². The molecule has 1 heteroatoms. The van der Waals surface area contributed by atoms with Crippen LogP contribution in [0.5, 0.6) is 11.5 Å². The summed E-state index contributed by atoms with van der Waals surface area (Å²) in [6.07, 6.45) is 0. The van der Waals surface area contributed by atoms with Gasteiger partial charge in [0.2, 0.25) is 0 Å². The van der Waals surface area contributed by atoms with Gasteiger partial charge in [-0.15, -0.1) is 0 Å². The fraction of sp³-hybridized carbons (Fsp3) is 0.0400. The molecule has 0 unspecified atom stereocenters. The zero-order valence-corrected chi connectivity index (χ0v) is 28.0. The van der Waals surface area contributed by atoms with Crippen LogP contribution < -0.4 is 4.74 Å². The first kappa shape index (κ1) is 29.5. The van der Waals surface area contributed by atoms with Crippen molar-refractivity contribution in [1.29, 1.82) is 0 Å². The highest BCUT2D eigenvalue weighted by molar-refractivity contribution is 5.90. The molecule has 0 atom stereocenters. The average molecular weight is 651 g/mol. The average Bonchev–Trinajstić information content (AvgIpc) is 3.51. The molecule has 0 aromatic heterocycles. The zero-order chi connectivity index (χ0) is 33.8. The molecular weight excluding hydrogens is 617 g/mol. The molecule has 1 aliphatic heterocycles. The Balaban J connectivity index is 1.31. The fourth-order valence-corrected chi connectivity index (χ4v) is 9.12. The molecule has 0 radical (unpaired) electrons. The quantitative estimate of drug-likeness (QED) is 0.180. The molecule has 1 heterocycles. The van der Waals surface area contributed by atoms with Crippen molar-refractivity contribution in [2.45, 2.75) is 10.8 Å². The first-order chi connectivity index (χ1) is 25.3. The van der Waals surface area contributed by atoms with Crippen molar-refractivity contribution >= 4 is 0 Å². The van der Waals surface area contributed by atoms with Crippen molar-refractivity contribution in [2.24, 2.45) is 0 Å². The summed E-state index contributed by atoms with van der Waals surface area (Å²) in [5, 5.41) is 0. The van der Waals surface area contributed by atoms with Crippen molar-refractivity contribution in [3.8, 4) is 33.8 Å². The standard InChI is InChI=1S/C50H34O/c1-5-18-36(19-6-1)49(37-20-7-2-8-21-37)43-28-14-13-26-41(43)42-33-32-35(34-45(42)49)40-27-17-31-47-48(40)50(38-22-9-3-10-23-38,39-24-11-4-12-25-39)44-29-15-16-30-46(44)51-47/h1-34H. The first-order valence-corrected chi connectivity index (χ1v) is 17.7. The van der Waals surface area contributed by atoms with Crippen LogP contribution in [0.15, 0.2) is 206 Å². The zero-order valence-electron chi connectivity index (χ0n) is 28.0. The lowest BCUT2D eigenvalue weighted by molar-refractivity contribution is 0.435. The van der Waals surface area contributed by atoms with Gasteiger partial charge in [-0.2, -0.15) is 0 Å². The lowest BCUT2D eigenvalue weighted by Crippen LogP contribution is -2.34. The molecule has 10 rings (SSSR count). The van der Waals surface area contributed by atoms with Gasteiger partial charge in [-0.1, -0.05) is 188 Å². The Bertz CT molecular complexity index is 2460. The smallest absolute Gasteiger partial charge is 0.132 e. The van der Waals surface area contributed by atoms with Gasteiger partial charge in [-0.25, -0.2) is 0 Å². The summed E-state index contributed by atoms with van der Waals surface area (Å²) in [5.74, 6) is 1.76. The van der Waals surface area contributed by atoms with Crippen LogP contribution in [0.2, 0.25) is 0 Å². The molecule has 1 nitrogen and oxygen atoms in total. The third-order valence-corrected chi connectivity index (χ3v) is 11.1. The second kappa shape index (κ2) is 11.6. The summed E-state index contributed by atoms with van der Waals surface area (Å²) in [4.78, 5) is 0. The largest absolute Gasteiger partial charge is 0.457 e. The molecule has 0 N–H and O–H groups in total. The van der Waals surface area contributed by atoms with Crippen LogP contribution in [0.25, 0.3) is 22.3 Å². The predicted molar refractivity (Wildman–Crippen MR) is 208 cm³/mol. The number of rotatable bonds is 5. The van der Waals surface area contributed by atoms with E-state index >= 15 is 0 Å². The lowest BCUT2D eigenvalue weighted by Gasteiger charge is -2.42. The van der Waals surface area contributed by atoms with Gasteiger partial charge in [0.05, 0.1) is 10.8 Å². The summed E-state index contributed by atoms with van der Waals surface area (Å²) in [6.45, 7) is 0. The topological polar surface area (TPSA) is 9.23 Å². The highest BCUT2D eigenvalue weighted by Gasteiger charge is 2.48. The minimum atomic E-state index is -0.624. The van der Waals surface area contributed by atoms with Gasteiger partial charge in [0, 0.05) is 11.1 Å². The van der Waals surface area contributed by atoms with Gasteiger partial charge in [-0.05, 0) is 73.8 Å². The molecule has 2 aliphatic rings. The van der Waals surface area contributed by atoms with Crippen LogP contribution >= 0.6 is 0 Å². The minimum absolute atomic E-state index is 0.488. The molecule has 240 valence electrons. The number of benzene rings is 8. The Kier molecular flexibility index (Phi) is 6.69. The second-order valence-corrected chi connectivity index (χ2v) is 13.5. The summed E-state index contributed by atoms with van der Waals surface area (Å²) < 4.78 is 6.86. The van der Waals surface area contributed by atoms with Crippen LogP contribution in [-0.4, -0.2) is 0 Å². The van der Waals surface area contributed by atoms with Crippen molar-refractivity contribution < 1.29 is 4.74 Å². The van der Waals surface area contributed by atoms with Crippen LogP contribution in [0, 0.1) is 0 Å². The van der Waals surface area contributed by atoms with E-state index in [2.05, 4.69) is 206 Å². The van der Waals surface area contributed by atoms with E-state index in [9.17, 15) is 0 Å². The van der Waals surface area contributed by atoms with Gasteiger partial charge in [0.15, 0.2) is 0 Å². The van der Waals surface area contributed by atoms with E-state index in [1.54, 1.807) is 0 Å². The number of ether oxygens (including phenoxy) is 1. The summed E-state index contributed by atoms with van der Waals surface area (Å²) >= 11 is 0. The molecule has 8 aromatic carbocycles. The monoisotopic (exact) mass is 650 g/mol. The SMILES string of the molecule is c1ccc(C2(c3ccccc3)c3ccccc3-c3ccc(-c4cccc5c4C(c4ccccc4)(c4ccccc4)c4ccccc4O5)cc32)cc1. The Morgan fingerprint density at radius 1 is 0.294 bits per heavy atom. The minimum Gasteiger partial charge on any atom is -0.457 e. The molecule has 0 bridgehead atoms. The second-order valence-electron chi connectivity index (χ2n) is 13.5. The molecule has 0 saturated carbocycles. The first-order valence-electron chi connectivity index (χ1n) is 17.7. The molecular formula is C50H34O. The highest BCUT2D eigenvalue weighted by Crippen LogP contribution is 2.60. The van der Waals surface area contributed by atoms with E-state index in [1.807, 2.05) is 0 Å². The van der Waals surface area contributed by atoms with Crippen molar-refractivity contribution in [3.05, 3.63) is 251 Å². The van der Waals surface area contributed by atoms with Crippen LogP contribution in [0.1, 0.15) is 44.5 Å². The number of hydrogen-bond acceptors (Lipinski definition) is 1. The Hall–Kier alpha value is -6.44. The number of para-hydroxylation sites is 1. The summed E-state index contributed by atoms with van der Waals surface area (Å²) in [7, 11) is 0. The van der Waals surface area contributed by atoms with E-state index in [-0.39, 0.29) is 0 Å². The molecule has 0 saturated heterocycles. The number of fused-ring (bicyclic) bond motifs is 5. The number of hydrogen-bond donors (Lipinski definition) is 0. The van der Waals surface area contributed by atoms with Gasteiger partial charge in [0.1, 0.15) is 11.5 Å². The maximum Gasteiger partial charge on any atom is 0.132 e. The van der Waals surface area contributed by atoms with Crippen molar-refractivity contribution in [3.63, 3.8) is 0 Å². The van der Waals surface area contributed by atoms with Crippen molar-refractivity contribution in [1.82, 2.24) is 0 Å². The van der Waals surface area contributed by atoms with Crippen molar-refractivity contribution in [2.75, 3.05) is 0 Å². The molecule has 51 heavy (non-hydrogen) atoms. The van der Waals surface area contributed by atoms with E-state index in [0.717, 1.165) is 33.8 Å². The van der Waals surface area contributed by atoms with E-state index in [0.29, 0.717) is 0 Å². The highest BCUT2D eigenvalue weighted by atomic mass is 16.5. The molecule has 1 aliphatic carbocycles. The Labute approximate surface area is 299 Å². The third kappa shape index (κ3) is 4.16. The van der Waals surface area contributed by atoms with E-state index in [4.69, 9.17) is 4.74 Å². The van der Waals surface area contributed by atoms with Gasteiger partial charge in [0.25, 0.3) is 0 Å². The molecule has 0 spiro atoms. The Morgan fingerprint density at radius 3 is 1.35 bits per heavy atom.